The van der Waals surface area contributed by atoms with Crippen molar-refractivity contribution in [3.8, 4) is 5.75 Å². The monoisotopic (exact) mass is 350 g/mol. The van der Waals surface area contributed by atoms with Crippen LogP contribution in [0.15, 0.2) is 54.6 Å². The van der Waals surface area contributed by atoms with E-state index in [1.54, 1.807) is 24.3 Å². The number of amides is 1. The predicted molar refractivity (Wildman–Crippen MR) is 98.4 cm³/mol. The number of hydrogen-bond acceptors (Lipinski definition) is 5. The van der Waals surface area contributed by atoms with Crippen molar-refractivity contribution in [2.45, 2.75) is 6.92 Å². The Hall–Kier alpha value is -3.41. The fourth-order valence-corrected chi connectivity index (χ4v) is 2.45. The third-order valence-corrected chi connectivity index (χ3v) is 3.86. The summed E-state index contributed by atoms with van der Waals surface area (Å²) in [6.07, 6.45) is 0. The van der Waals surface area contributed by atoms with Crippen LogP contribution in [-0.2, 0) is 9.53 Å². The SMILES string of the molecule is COC(=O)COc1ccc(NC(=O)c2ccc3ccccc3n2)c(C)c1. The number of rotatable bonds is 5. The number of aryl methyl sites for hydroxylation is 1. The summed E-state index contributed by atoms with van der Waals surface area (Å²) in [6.45, 7) is 1.68. The van der Waals surface area contributed by atoms with Gasteiger partial charge >= 0.3 is 5.97 Å². The summed E-state index contributed by atoms with van der Waals surface area (Å²) >= 11 is 0. The molecule has 1 N–H and O–H groups in total. The second kappa shape index (κ2) is 7.65. The van der Waals surface area contributed by atoms with E-state index in [1.165, 1.54) is 7.11 Å². The number of carbonyl (C=O) groups is 2. The van der Waals surface area contributed by atoms with Crippen LogP contribution in [0.5, 0.6) is 5.75 Å². The van der Waals surface area contributed by atoms with Crippen LogP contribution in [0.25, 0.3) is 10.9 Å². The molecule has 1 heterocycles. The fourth-order valence-electron chi connectivity index (χ4n) is 2.45. The van der Waals surface area contributed by atoms with Crippen molar-refractivity contribution in [1.82, 2.24) is 4.98 Å². The third kappa shape index (κ3) is 3.97. The Morgan fingerprint density at radius 1 is 1.08 bits per heavy atom. The Morgan fingerprint density at radius 2 is 1.88 bits per heavy atom. The van der Waals surface area contributed by atoms with E-state index >= 15 is 0 Å². The van der Waals surface area contributed by atoms with Gasteiger partial charge in [-0.25, -0.2) is 9.78 Å². The number of aromatic nitrogens is 1. The van der Waals surface area contributed by atoms with Crippen molar-refractivity contribution in [2.24, 2.45) is 0 Å². The van der Waals surface area contributed by atoms with Gasteiger partial charge in [0.05, 0.1) is 12.6 Å². The molecule has 6 nitrogen and oxygen atoms in total. The van der Waals surface area contributed by atoms with Crippen molar-refractivity contribution >= 4 is 28.5 Å². The number of benzene rings is 2. The lowest BCUT2D eigenvalue weighted by Gasteiger charge is -2.11. The molecule has 26 heavy (non-hydrogen) atoms. The fraction of sp³-hybridized carbons (Fsp3) is 0.150. The second-order valence-electron chi connectivity index (χ2n) is 5.68. The molecule has 0 atom stereocenters. The Labute approximate surface area is 150 Å². The molecule has 1 aromatic heterocycles. The largest absolute Gasteiger partial charge is 0.482 e. The number of hydrogen-bond donors (Lipinski definition) is 1. The lowest BCUT2D eigenvalue weighted by atomic mass is 10.1. The number of esters is 1. The van der Waals surface area contributed by atoms with Crippen LogP contribution in [0, 0.1) is 6.92 Å². The zero-order chi connectivity index (χ0) is 18.5. The minimum Gasteiger partial charge on any atom is -0.482 e. The summed E-state index contributed by atoms with van der Waals surface area (Å²) in [7, 11) is 1.30. The number of nitrogens with zero attached hydrogens (tertiary/aromatic N) is 1. The zero-order valence-corrected chi connectivity index (χ0v) is 14.5. The normalized spacial score (nSPS) is 10.4. The number of fused-ring (bicyclic) bond motifs is 1. The maximum Gasteiger partial charge on any atom is 0.343 e. The number of anilines is 1. The van der Waals surface area contributed by atoms with Gasteiger partial charge in [-0.05, 0) is 42.8 Å². The summed E-state index contributed by atoms with van der Waals surface area (Å²) in [6, 6.07) is 16.3. The minimum atomic E-state index is -0.456. The van der Waals surface area contributed by atoms with Crippen LogP contribution in [0.4, 0.5) is 5.69 Å². The second-order valence-corrected chi connectivity index (χ2v) is 5.68. The number of ether oxygens (including phenoxy) is 2. The third-order valence-electron chi connectivity index (χ3n) is 3.86. The van der Waals surface area contributed by atoms with Gasteiger partial charge in [0, 0.05) is 11.1 Å². The molecule has 0 saturated carbocycles. The maximum absolute atomic E-state index is 12.5. The molecule has 0 aliphatic heterocycles. The first-order valence-corrected chi connectivity index (χ1v) is 8.04. The highest BCUT2D eigenvalue weighted by molar-refractivity contribution is 6.04. The summed E-state index contributed by atoms with van der Waals surface area (Å²) in [5.41, 5.74) is 2.56. The van der Waals surface area contributed by atoms with Gasteiger partial charge in [0.1, 0.15) is 11.4 Å². The molecule has 0 fully saturated rings. The van der Waals surface area contributed by atoms with E-state index in [2.05, 4.69) is 15.0 Å². The van der Waals surface area contributed by atoms with Crippen molar-refractivity contribution in [3.63, 3.8) is 0 Å². The highest BCUT2D eigenvalue weighted by Crippen LogP contribution is 2.22. The van der Waals surface area contributed by atoms with Gasteiger partial charge in [-0.2, -0.15) is 0 Å². The summed E-state index contributed by atoms with van der Waals surface area (Å²) in [5, 5.41) is 3.82. The summed E-state index contributed by atoms with van der Waals surface area (Å²) in [4.78, 5) is 28.0. The first kappa shape index (κ1) is 17.4. The molecule has 6 heteroatoms. The van der Waals surface area contributed by atoms with Gasteiger partial charge < -0.3 is 14.8 Å². The number of carbonyl (C=O) groups excluding carboxylic acids is 2. The first-order chi connectivity index (χ1) is 12.6. The quantitative estimate of drug-likeness (QED) is 0.714. The molecule has 1 amide bonds. The average molecular weight is 350 g/mol. The van der Waals surface area contributed by atoms with Gasteiger partial charge in [-0.15, -0.1) is 0 Å². The van der Waals surface area contributed by atoms with Gasteiger partial charge in [-0.3, -0.25) is 4.79 Å². The Bertz CT molecular complexity index is 969. The molecule has 132 valence electrons. The molecular formula is C20H18N2O4. The smallest absolute Gasteiger partial charge is 0.343 e. The topological polar surface area (TPSA) is 77.5 Å². The van der Waals surface area contributed by atoms with E-state index in [0.717, 1.165) is 16.5 Å². The van der Waals surface area contributed by atoms with E-state index in [-0.39, 0.29) is 12.5 Å². The molecule has 0 saturated heterocycles. The molecule has 3 aromatic rings. The number of pyridine rings is 1. The molecule has 0 bridgehead atoms. The van der Waals surface area contributed by atoms with Gasteiger partial charge in [0.15, 0.2) is 6.61 Å². The van der Waals surface area contributed by atoms with Crippen LogP contribution in [0.3, 0.4) is 0 Å². The summed E-state index contributed by atoms with van der Waals surface area (Å²) < 4.78 is 9.86. The van der Waals surface area contributed by atoms with Crippen LogP contribution < -0.4 is 10.1 Å². The van der Waals surface area contributed by atoms with Crippen LogP contribution in [0.1, 0.15) is 16.1 Å². The van der Waals surface area contributed by atoms with Crippen LogP contribution >= 0.6 is 0 Å². The molecule has 0 aliphatic carbocycles. The van der Waals surface area contributed by atoms with Crippen molar-refractivity contribution in [3.05, 3.63) is 65.9 Å². The van der Waals surface area contributed by atoms with Crippen LogP contribution in [0.2, 0.25) is 0 Å². The molecule has 0 radical (unpaired) electrons. The van der Waals surface area contributed by atoms with Gasteiger partial charge in [0.25, 0.3) is 5.91 Å². The number of methoxy groups -OCH3 is 1. The Morgan fingerprint density at radius 3 is 2.65 bits per heavy atom. The van der Waals surface area contributed by atoms with Crippen molar-refractivity contribution in [2.75, 3.05) is 19.0 Å². The first-order valence-electron chi connectivity index (χ1n) is 8.04. The molecule has 0 unspecified atom stereocenters. The van der Waals surface area contributed by atoms with Crippen molar-refractivity contribution < 1.29 is 19.1 Å². The van der Waals surface area contributed by atoms with E-state index in [0.29, 0.717) is 17.1 Å². The standard InChI is InChI=1S/C20H18N2O4/c1-13-11-15(26-12-19(23)25-2)8-10-16(13)22-20(24)18-9-7-14-5-3-4-6-17(14)21-18/h3-11H,12H2,1-2H3,(H,22,24). The average Bonchev–Trinajstić information content (AvgIpc) is 2.67. The lowest BCUT2D eigenvalue weighted by molar-refractivity contribution is -0.142. The number of nitrogens with one attached hydrogen (secondary N) is 1. The minimum absolute atomic E-state index is 0.164. The maximum atomic E-state index is 12.5. The highest BCUT2D eigenvalue weighted by atomic mass is 16.6. The molecule has 0 aliphatic rings. The number of para-hydroxylation sites is 1. The van der Waals surface area contributed by atoms with Gasteiger partial charge in [-0.1, -0.05) is 24.3 Å². The van der Waals surface area contributed by atoms with E-state index in [4.69, 9.17) is 4.74 Å². The lowest BCUT2D eigenvalue weighted by Crippen LogP contribution is -2.15. The van der Waals surface area contributed by atoms with Crippen LogP contribution in [-0.4, -0.2) is 30.6 Å². The van der Waals surface area contributed by atoms with E-state index < -0.39 is 5.97 Å². The molecule has 2 aromatic carbocycles. The Balaban J connectivity index is 1.72. The Kier molecular flexibility index (Phi) is 5.12. The molecular weight excluding hydrogens is 332 g/mol. The molecule has 0 spiro atoms. The highest BCUT2D eigenvalue weighted by Gasteiger charge is 2.11. The molecule has 3 rings (SSSR count). The van der Waals surface area contributed by atoms with E-state index in [9.17, 15) is 9.59 Å². The zero-order valence-electron chi connectivity index (χ0n) is 14.5. The van der Waals surface area contributed by atoms with E-state index in [1.807, 2.05) is 37.3 Å². The summed E-state index contributed by atoms with van der Waals surface area (Å²) in [5.74, 6) is -0.223. The van der Waals surface area contributed by atoms with Crippen molar-refractivity contribution in [1.29, 1.82) is 0 Å². The predicted octanol–water partition coefficient (Wildman–Crippen LogP) is 3.35. The van der Waals surface area contributed by atoms with Gasteiger partial charge in [0.2, 0.25) is 0 Å².